The number of carboxylic acid groups (broad SMARTS) is 1. The first-order valence-corrected chi connectivity index (χ1v) is 11.8. The number of hydrogen-bond donors (Lipinski definition) is 2. The van der Waals surface area contributed by atoms with Crippen LogP contribution in [0.25, 0.3) is 0 Å². The molecule has 7 heteroatoms. The van der Waals surface area contributed by atoms with Crippen molar-refractivity contribution in [3.8, 4) is 17.6 Å². The number of anilines is 1. The van der Waals surface area contributed by atoms with E-state index in [9.17, 15) is 9.90 Å². The molecule has 2 aromatic rings. The maximum atomic E-state index is 11.7. The third kappa shape index (κ3) is 7.25. The minimum atomic E-state index is -0.912. The number of hydrogen-bond acceptors (Lipinski definition) is 6. The molecule has 0 unspecified atom stereocenters. The maximum absolute atomic E-state index is 11.7. The van der Waals surface area contributed by atoms with Crippen LogP contribution in [0.2, 0.25) is 0 Å². The van der Waals surface area contributed by atoms with Gasteiger partial charge in [-0.2, -0.15) is 0 Å². The summed E-state index contributed by atoms with van der Waals surface area (Å²) < 4.78 is 6.21. The summed E-state index contributed by atoms with van der Waals surface area (Å²) in [7, 11) is 4.04. The van der Waals surface area contributed by atoms with Crippen molar-refractivity contribution in [2.24, 2.45) is 5.41 Å². The van der Waals surface area contributed by atoms with Crippen LogP contribution in [-0.2, 0) is 6.54 Å². The lowest BCUT2D eigenvalue weighted by Gasteiger charge is -2.30. The molecule has 2 aromatic heterocycles. The Kier molecular flexibility index (Phi) is 7.81. The van der Waals surface area contributed by atoms with Gasteiger partial charge in [0.25, 0.3) is 0 Å². The largest absolute Gasteiger partial charge is 0.490 e. The number of rotatable bonds is 7. The fraction of sp³-hybridized carbons (Fsp3) is 0.520. The van der Waals surface area contributed by atoms with E-state index >= 15 is 0 Å². The lowest BCUT2D eigenvalue weighted by Crippen LogP contribution is -2.31. The van der Waals surface area contributed by atoms with Gasteiger partial charge in [-0.25, -0.2) is 4.79 Å². The van der Waals surface area contributed by atoms with Crippen molar-refractivity contribution in [2.45, 2.75) is 65.1 Å². The molecule has 1 aliphatic rings. The minimum Gasteiger partial charge on any atom is -0.490 e. The molecule has 2 heterocycles. The molecule has 0 bridgehead atoms. The van der Waals surface area contributed by atoms with Gasteiger partial charge in [0, 0.05) is 30.3 Å². The third-order valence-electron chi connectivity index (χ3n) is 5.09. The molecule has 32 heavy (non-hydrogen) atoms. The number of ether oxygens (including phenoxy) is 1. The van der Waals surface area contributed by atoms with Crippen molar-refractivity contribution in [3.05, 3.63) is 39.8 Å². The van der Waals surface area contributed by atoms with E-state index in [4.69, 9.17) is 4.74 Å². The molecule has 1 saturated carbocycles. The average molecular weight is 456 g/mol. The van der Waals surface area contributed by atoms with Crippen molar-refractivity contribution in [2.75, 3.05) is 19.4 Å². The summed E-state index contributed by atoms with van der Waals surface area (Å²) in [5.74, 6) is 6.26. The van der Waals surface area contributed by atoms with E-state index in [1.807, 2.05) is 53.1 Å². The second kappa shape index (κ2) is 10.4. The van der Waals surface area contributed by atoms with Gasteiger partial charge in [-0.15, -0.1) is 11.3 Å². The molecule has 1 fully saturated rings. The van der Waals surface area contributed by atoms with Crippen LogP contribution in [0.1, 0.15) is 66.7 Å². The molecule has 0 aliphatic heterocycles. The Morgan fingerprint density at radius 1 is 1.28 bits per heavy atom. The zero-order valence-corrected chi connectivity index (χ0v) is 20.4. The molecule has 1 aliphatic carbocycles. The summed E-state index contributed by atoms with van der Waals surface area (Å²) >= 11 is 1.23. The molecular formula is C25H33N3O3S. The zero-order valence-electron chi connectivity index (χ0n) is 19.6. The Morgan fingerprint density at radius 3 is 2.62 bits per heavy atom. The standard InChI is InChI=1S/C25H33N3O3S/c1-25(2,3)12-10-21-15-22(23(32-21)24(29)30)27-17-6-8-19(9-7-17)31-20-11-13-26-18(14-20)16-28(4)5/h11,13-15,17,19,27H,6-9,16H2,1-5H3,(H,29,30)/t17-,19-. The van der Waals surface area contributed by atoms with Gasteiger partial charge in [-0.3, -0.25) is 4.98 Å². The molecule has 0 radical (unpaired) electrons. The van der Waals surface area contributed by atoms with E-state index in [0.717, 1.165) is 48.5 Å². The first-order chi connectivity index (χ1) is 15.1. The Bertz CT molecular complexity index is 990. The highest BCUT2D eigenvalue weighted by Crippen LogP contribution is 2.31. The highest BCUT2D eigenvalue weighted by Gasteiger charge is 2.25. The van der Waals surface area contributed by atoms with Crippen molar-refractivity contribution in [1.82, 2.24) is 9.88 Å². The van der Waals surface area contributed by atoms with Crippen LogP contribution in [-0.4, -0.2) is 47.2 Å². The molecule has 2 N–H and O–H groups in total. The number of carbonyl (C=O) groups is 1. The SMILES string of the molecule is CN(C)Cc1cc(O[C@H]2CC[C@H](Nc3cc(C#CC(C)(C)C)sc3C(=O)O)CC2)ccn1. The van der Waals surface area contributed by atoms with E-state index in [2.05, 4.69) is 27.0 Å². The number of nitrogens with zero attached hydrogens (tertiary/aromatic N) is 2. The zero-order chi connectivity index (χ0) is 23.3. The fourth-order valence-corrected chi connectivity index (χ4v) is 4.46. The second-order valence-corrected chi connectivity index (χ2v) is 10.7. The van der Waals surface area contributed by atoms with Crippen LogP contribution in [0, 0.1) is 17.3 Å². The molecule has 0 aromatic carbocycles. The van der Waals surface area contributed by atoms with Gasteiger partial charge in [0.15, 0.2) is 0 Å². The van der Waals surface area contributed by atoms with Crippen molar-refractivity contribution < 1.29 is 14.6 Å². The van der Waals surface area contributed by atoms with Crippen molar-refractivity contribution in [3.63, 3.8) is 0 Å². The van der Waals surface area contributed by atoms with Gasteiger partial charge in [-0.1, -0.05) is 11.8 Å². The van der Waals surface area contributed by atoms with Crippen molar-refractivity contribution >= 4 is 23.0 Å². The van der Waals surface area contributed by atoms with Crippen LogP contribution in [0.4, 0.5) is 5.69 Å². The summed E-state index contributed by atoms with van der Waals surface area (Å²) in [6, 6.07) is 6.02. The molecule has 0 amide bonds. The monoisotopic (exact) mass is 455 g/mol. The summed E-state index contributed by atoms with van der Waals surface area (Å²) in [5.41, 5.74) is 1.54. The molecule has 6 nitrogen and oxygen atoms in total. The highest BCUT2D eigenvalue weighted by atomic mass is 32.1. The van der Waals surface area contributed by atoms with Crippen LogP contribution < -0.4 is 10.1 Å². The van der Waals surface area contributed by atoms with Gasteiger partial charge < -0.3 is 20.1 Å². The van der Waals surface area contributed by atoms with Gasteiger partial charge in [-0.05, 0) is 72.7 Å². The molecule has 3 rings (SSSR count). The van der Waals surface area contributed by atoms with E-state index < -0.39 is 5.97 Å². The van der Waals surface area contributed by atoms with Gasteiger partial charge >= 0.3 is 5.97 Å². The van der Waals surface area contributed by atoms with Crippen LogP contribution in [0.15, 0.2) is 24.4 Å². The quantitative estimate of drug-likeness (QED) is 0.566. The highest BCUT2D eigenvalue weighted by molar-refractivity contribution is 7.15. The first-order valence-electron chi connectivity index (χ1n) is 11.0. The normalized spacial score (nSPS) is 18.7. The summed E-state index contributed by atoms with van der Waals surface area (Å²) in [4.78, 5) is 19.3. The van der Waals surface area contributed by atoms with E-state index in [0.29, 0.717) is 10.6 Å². The number of pyridine rings is 1. The smallest absolute Gasteiger partial charge is 0.348 e. The predicted octanol–water partition coefficient (Wildman–Crippen LogP) is 5.10. The number of nitrogens with one attached hydrogen (secondary N) is 1. The van der Waals surface area contributed by atoms with Crippen LogP contribution in [0.5, 0.6) is 5.75 Å². The summed E-state index contributed by atoms with van der Waals surface area (Å²) in [5, 5.41) is 13.1. The van der Waals surface area contributed by atoms with Gasteiger partial charge in [0.2, 0.25) is 0 Å². The topological polar surface area (TPSA) is 74.7 Å². The molecule has 172 valence electrons. The van der Waals surface area contributed by atoms with Crippen molar-refractivity contribution in [1.29, 1.82) is 0 Å². The molecule has 0 atom stereocenters. The van der Waals surface area contributed by atoms with Crippen LogP contribution in [0.3, 0.4) is 0 Å². The Hall–Kier alpha value is -2.56. The number of aromatic nitrogens is 1. The molecular weight excluding hydrogens is 422 g/mol. The maximum Gasteiger partial charge on any atom is 0.348 e. The van der Waals surface area contributed by atoms with Gasteiger partial charge in [0.05, 0.1) is 22.4 Å². The Balaban J connectivity index is 1.58. The van der Waals surface area contributed by atoms with E-state index in [1.165, 1.54) is 11.3 Å². The first kappa shape index (κ1) is 24.1. The number of aromatic carboxylic acids is 1. The summed E-state index contributed by atoms with van der Waals surface area (Å²) in [6.45, 7) is 6.91. The number of carboxylic acids is 1. The van der Waals surface area contributed by atoms with E-state index in [-0.39, 0.29) is 17.6 Å². The molecule has 0 spiro atoms. The third-order valence-corrected chi connectivity index (χ3v) is 6.13. The van der Waals surface area contributed by atoms with Gasteiger partial charge in [0.1, 0.15) is 10.6 Å². The Labute approximate surface area is 195 Å². The average Bonchev–Trinajstić information content (AvgIpc) is 3.10. The van der Waals surface area contributed by atoms with Crippen LogP contribution >= 0.6 is 11.3 Å². The fourth-order valence-electron chi connectivity index (χ4n) is 3.65. The number of thiophene rings is 1. The predicted molar refractivity (Wildman–Crippen MR) is 130 cm³/mol. The lowest BCUT2D eigenvalue weighted by molar-refractivity contribution is 0.0703. The second-order valence-electron chi connectivity index (χ2n) is 9.62. The lowest BCUT2D eigenvalue weighted by atomic mass is 9.92. The summed E-state index contributed by atoms with van der Waals surface area (Å²) in [6.07, 6.45) is 5.66. The molecule has 0 saturated heterocycles. The van der Waals surface area contributed by atoms with E-state index in [1.54, 1.807) is 6.20 Å². The Morgan fingerprint density at radius 2 is 2.00 bits per heavy atom. The minimum absolute atomic E-state index is 0.124.